The molecule has 0 aromatic rings. The van der Waals surface area contributed by atoms with Crippen molar-refractivity contribution in [3.05, 3.63) is 23.8 Å². The molecule has 0 aliphatic heterocycles. The Morgan fingerprint density at radius 3 is 2.29 bits per heavy atom. The Morgan fingerprint density at radius 2 is 1.58 bits per heavy atom. The Morgan fingerprint density at radius 1 is 0.903 bits per heavy atom. The predicted molar refractivity (Wildman–Crippen MR) is 130 cm³/mol. The average molecular weight is 423 g/mol. The van der Waals surface area contributed by atoms with Crippen LogP contribution in [0.4, 0.5) is 0 Å². The number of allylic oxidation sites excluding steroid dienone is 4. The second kappa shape index (κ2) is 6.60. The second-order valence-corrected chi connectivity index (χ2v) is 13.8. The summed E-state index contributed by atoms with van der Waals surface area (Å²) in [4.78, 5) is 12.8. The number of carbonyl (C=O) groups excluding carboxylic acids is 1. The zero-order valence-corrected chi connectivity index (χ0v) is 21.3. The summed E-state index contributed by atoms with van der Waals surface area (Å²) in [5, 5.41) is 0. The van der Waals surface area contributed by atoms with Crippen LogP contribution in [0.3, 0.4) is 0 Å². The van der Waals surface area contributed by atoms with Crippen LogP contribution in [0.1, 0.15) is 106 Å². The third-order valence-electron chi connectivity index (χ3n) is 12.4. The maximum atomic E-state index is 12.8. The van der Waals surface area contributed by atoms with E-state index in [4.69, 9.17) is 0 Å². The number of Topliss-reactive ketones (excluding diaryl/α,β-unsaturated/α-hetero) is 1. The van der Waals surface area contributed by atoms with Gasteiger partial charge in [-0.3, -0.25) is 4.79 Å². The highest BCUT2D eigenvalue weighted by Gasteiger charge is 2.82. The van der Waals surface area contributed by atoms with E-state index >= 15 is 0 Å². The normalized spacial score (nSPS) is 50.8. The molecule has 0 N–H and O–H groups in total. The van der Waals surface area contributed by atoms with Crippen molar-refractivity contribution >= 4 is 5.78 Å². The number of carbonyl (C=O) groups is 1. The molecule has 0 saturated heterocycles. The lowest BCUT2D eigenvalue weighted by molar-refractivity contribution is -0.156. The SMILES string of the molecule is CC(C)=C/C=C\[C@@H](C)[C@H]1CC[C@@]2(C)[C@@H]3CC[C@H]4C(C)(C)C(=O)CC[C@@]45C[C@@]35CC[C@]12C. The molecule has 5 aliphatic carbocycles. The molecule has 0 bridgehead atoms. The molecule has 31 heavy (non-hydrogen) atoms. The topological polar surface area (TPSA) is 17.1 Å². The van der Waals surface area contributed by atoms with Gasteiger partial charge < -0.3 is 0 Å². The summed E-state index contributed by atoms with van der Waals surface area (Å²) >= 11 is 0. The second-order valence-electron chi connectivity index (χ2n) is 13.8. The van der Waals surface area contributed by atoms with Crippen LogP contribution >= 0.6 is 0 Å². The molecular weight excluding hydrogens is 376 g/mol. The molecule has 172 valence electrons. The molecule has 1 heteroatoms. The Bertz CT molecular complexity index is 842. The monoisotopic (exact) mass is 422 g/mol. The first-order valence-electron chi connectivity index (χ1n) is 13.3. The molecule has 0 unspecified atom stereocenters. The summed E-state index contributed by atoms with van der Waals surface area (Å²) in [6, 6.07) is 0. The Labute approximate surface area is 191 Å². The minimum Gasteiger partial charge on any atom is -0.299 e. The highest BCUT2D eigenvalue weighted by Crippen LogP contribution is 2.88. The van der Waals surface area contributed by atoms with Gasteiger partial charge in [-0.2, -0.15) is 0 Å². The maximum Gasteiger partial charge on any atom is 0.138 e. The van der Waals surface area contributed by atoms with Crippen molar-refractivity contribution in [3.63, 3.8) is 0 Å². The van der Waals surface area contributed by atoms with E-state index in [1.54, 1.807) is 0 Å². The number of hydrogen-bond acceptors (Lipinski definition) is 1. The first-order chi connectivity index (χ1) is 14.4. The summed E-state index contributed by atoms with van der Waals surface area (Å²) < 4.78 is 0. The standard InChI is InChI=1S/C30H46O/c1-20(2)9-8-10-21(3)22-13-15-28(7)24-12-11-23-26(4,5)25(31)14-16-29(23)19-30(24,29)18-17-27(22,28)6/h8-10,21-24H,11-19H2,1-7H3/b10-8-/t21-,22-,23+,24+,27-,28+,29-,30+/m1/s1. The number of ketones is 1. The van der Waals surface area contributed by atoms with E-state index in [1.807, 2.05) is 0 Å². The van der Waals surface area contributed by atoms with Gasteiger partial charge in [0.25, 0.3) is 0 Å². The quantitative estimate of drug-likeness (QED) is 0.419. The lowest BCUT2D eigenvalue weighted by Crippen LogP contribution is -2.57. The van der Waals surface area contributed by atoms with E-state index in [9.17, 15) is 4.79 Å². The predicted octanol–water partition coefficient (Wildman–Crippen LogP) is 8.15. The number of hydrogen-bond donors (Lipinski definition) is 0. The fourth-order valence-corrected chi connectivity index (χ4v) is 10.6. The molecular formula is C30H46O. The van der Waals surface area contributed by atoms with Gasteiger partial charge in [-0.05, 0) is 111 Å². The van der Waals surface area contributed by atoms with E-state index in [0.717, 1.165) is 18.3 Å². The van der Waals surface area contributed by atoms with Crippen LogP contribution in [0.15, 0.2) is 23.8 Å². The van der Waals surface area contributed by atoms with Gasteiger partial charge >= 0.3 is 0 Å². The maximum absolute atomic E-state index is 12.8. The molecule has 0 aromatic heterocycles. The van der Waals surface area contributed by atoms with Gasteiger partial charge in [-0.15, -0.1) is 0 Å². The van der Waals surface area contributed by atoms with Gasteiger partial charge in [0.1, 0.15) is 5.78 Å². The van der Waals surface area contributed by atoms with Gasteiger partial charge in [0, 0.05) is 11.8 Å². The molecule has 5 fully saturated rings. The number of fused-ring (bicyclic) bond motifs is 2. The van der Waals surface area contributed by atoms with Gasteiger partial charge in [-0.25, -0.2) is 0 Å². The van der Waals surface area contributed by atoms with Crippen molar-refractivity contribution in [2.24, 2.45) is 50.7 Å². The molecule has 5 saturated carbocycles. The summed E-state index contributed by atoms with van der Waals surface area (Å²) in [5.41, 5.74) is 3.32. The van der Waals surface area contributed by atoms with Crippen molar-refractivity contribution in [3.8, 4) is 0 Å². The fraction of sp³-hybridized carbons (Fsp3) is 0.833. The first kappa shape index (κ1) is 22.0. The van der Waals surface area contributed by atoms with Gasteiger partial charge in [0.2, 0.25) is 0 Å². The van der Waals surface area contributed by atoms with Crippen LogP contribution < -0.4 is 0 Å². The van der Waals surface area contributed by atoms with Gasteiger partial charge in [0.15, 0.2) is 0 Å². The number of rotatable bonds is 3. The van der Waals surface area contributed by atoms with Crippen molar-refractivity contribution in [1.82, 2.24) is 0 Å². The van der Waals surface area contributed by atoms with Gasteiger partial charge in [0.05, 0.1) is 0 Å². The summed E-state index contributed by atoms with van der Waals surface area (Å²) in [6.45, 7) is 16.8. The lowest BCUT2D eigenvalue weighted by atomic mass is 9.42. The molecule has 5 aliphatic rings. The molecule has 8 atom stereocenters. The minimum atomic E-state index is -0.0865. The highest BCUT2D eigenvalue weighted by atomic mass is 16.1. The molecule has 0 amide bonds. The zero-order valence-electron chi connectivity index (χ0n) is 21.3. The van der Waals surface area contributed by atoms with Crippen LogP contribution in [-0.4, -0.2) is 5.78 Å². The van der Waals surface area contributed by atoms with Crippen LogP contribution in [0.2, 0.25) is 0 Å². The molecule has 2 spiro atoms. The third-order valence-corrected chi connectivity index (χ3v) is 12.4. The van der Waals surface area contributed by atoms with E-state index in [1.165, 1.54) is 56.9 Å². The van der Waals surface area contributed by atoms with E-state index in [2.05, 4.69) is 66.7 Å². The summed E-state index contributed by atoms with van der Waals surface area (Å²) in [7, 11) is 0. The Balaban J connectivity index is 1.45. The first-order valence-corrected chi connectivity index (χ1v) is 13.3. The zero-order chi connectivity index (χ0) is 22.4. The van der Waals surface area contributed by atoms with Crippen LogP contribution in [0.5, 0.6) is 0 Å². The van der Waals surface area contributed by atoms with E-state index in [-0.39, 0.29) is 5.41 Å². The molecule has 0 heterocycles. The average Bonchev–Trinajstić information content (AvgIpc) is 3.27. The van der Waals surface area contributed by atoms with Crippen molar-refractivity contribution < 1.29 is 4.79 Å². The minimum absolute atomic E-state index is 0.0865. The Hall–Kier alpha value is -0.850. The lowest BCUT2D eigenvalue weighted by Gasteiger charge is -2.62. The largest absolute Gasteiger partial charge is 0.299 e. The molecule has 0 aromatic carbocycles. The Kier molecular flexibility index (Phi) is 4.68. The summed E-state index contributed by atoms with van der Waals surface area (Å²) in [6.07, 6.45) is 18.9. The van der Waals surface area contributed by atoms with Crippen molar-refractivity contribution in [2.45, 2.75) is 106 Å². The molecule has 1 nitrogen and oxygen atoms in total. The van der Waals surface area contributed by atoms with Crippen LogP contribution in [-0.2, 0) is 4.79 Å². The summed E-state index contributed by atoms with van der Waals surface area (Å²) in [5.74, 6) is 3.56. The fourth-order valence-electron chi connectivity index (χ4n) is 10.6. The van der Waals surface area contributed by atoms with E-state index in [0.29, 0.717) is 39.3 Å². The van der Waals surface area contributed by atoms with Crippen molar-refractivity contribution in [1.29, 1.82) is 0 Å². The van der Waals surface area contributed by atoms with Crippen molar-refractivity contribution in [2.75, 3.05) is 0 Å². The van der Waals surface area contributed by atoms with Crippen LogP contribution in [0, 0.1) is 50.7 Å². The van der Waals surface area contributed by atoms with E-state index < -0.39 is 0 Å². The third kappa shape index (κ3) is 2.59. The van der Waals surface area contributed by atoms with Crippen LogP contribution in [0.25, 0.3) is 0 Å². The smallest absolute Gasteiger partial charge is 0.138 e. The highest BCUT2D eigenvalue weighted by molar-refractivity contribution is 5.86. The van der Waals surface area contributed by atoms with Gasteiger partial charge in [-0.1, -0.05) is 58.4 Å². The molecule has 0 radical (unpaired) electrons. The molecule has 5 rings (SSSR count).